The Bertz CT molecular complexity index is 748. The Hall–Kier alpha value is -0.200. The Labute approximate surface area is 193 Å². The highest BCUT2D eigenvalue weighted by Gasteiger charge is 2.70. The summed E-state index contributed by atoms with van der Waals surface area (Å²) in [6, 6.07) is 0. The first-order valence-electron chi connectivity index (χ1n) is 13.4. The van der Waals surface area contributed by atoms with E-state index < -0.39 is 12.2 Å². The second kappa shape index (κ2) is 7.16. The fourth-order valence-electron chi connectivity index (χ4n) is 10.3. The number of aliphatic hydroxyl groups is 3. The fraction of sp³-hybridized carbons (Fsp3) is 1.00. The molecule has 14 atom stereocenters. The van der Waals surface area contributed by atoms with Crippen molar-refractivity contribution in [3.8, 4) is 0 Å². The average molecular weight is 449 g/mol. The van der Waals surface area contributed by atoms with Crippen molar-refractivity contribution < 1.29 is 24.8 Å². The zero-order chi connectivity index (χ0) is 22.6. The number of rotatable bonds is 0. The summed E-state index contributed by atoms with van der Waals surface area (Å²) in [5.41, 5.74) is 0.146. The van der Waals surface area contributed by atoms with Crippen molar-refractivity contribution in [2.75, 3.05) is 6.61 Å². The molecule has 0 bridgehead atoms. The van der Waals surface area contributed by atoms with Crippen molar-refractivity contribution in [2.24, 2.45) is 52.3 Å². The van der Waals surface area contributed by atoms with Gasteiger partial charge in [-0.15, -0.1) is 0 Å². The van der Waals surface area contributed by atoms with Gasteiger partial charge in [-0.2, -0.15) is 0 Å². The van der Waals surface area contributed by atoms with Gasteiger partial charge in [-0.25, -0.2) is 0 Å². The van der Waals surface area contributed by atoms with Gasteiger partial charge in [0, 0.05) is 12.3 Å². The third-order valence-electron chi connectivity index (χ3n) is 12.0. The van der Waals surface area contributed by atoms with Crippen LogP contribution in [0.15, 0.2) is 0 Å². The molecule has 0 amide bonds. The Kier molecular flexibility index (Phi) is 4.99. The summed E-state index contributed by atoms with van der Waals surface area (Å²) in [6.07, 6.45) is 6.22. The summed E-state index contributed by atoms with van der Waals surface area (Å²) in [5.74, 6) is 2.86. The number of ether oxygens (including phenoxy) is 2. The van der Waals surface area contributed by atoms with Gasteiger partial charge >= 0.3 is 0 Å². The van der Waals surface area contributed by atoms with Crippen LogP contribution in [-0.4, -0.2) is 52.1 Å². The molecule has 2 saturated heterocycles. The largest absolute Gasteiger partial charge is 0.393 e. The highest BCUT2D eigenvalue weighted by Crippen LogP contribution is 2.71. The van der Waals surface area contributed by atoms with Crippen LogP contribution < -0.4 is 0 Å². The summed E-state index contributed by atoms with van der Waals surface area (Å²) in [7, 11) is 0. The molecule has 6 rings (SSSR count). The number of hydrogen-bond acceptors (Lipinski definition) is 5. The van der Waals surface area contributed by atoms with Gasteiger partial charge in [0.2, 0.25) is 0 Å². The summed E-state index contributed by atoms with van der Waals surface area (Å²) < 4.78 is 13.3. The van der Waals surface area contributed by atoms with E-state index in [1.165, 1.54) is 19.3 Å². The normalized spacial score (nSPS) is 64.0. The molecular formula is C27H44O5. The summed E-state index contributed by atoms with van der Waals surface area (Å²) in [4.78, 5) is 0. The molecule has 0 aromatic heterocycles. The third-order valence-corrected chi connectivity index (χ3v) is 12.0. The monoisotopic (exact) mass is 448 g/mol. The van der Waals surface area contributed by atoms with Gasteiger partial charge in [0.05, 0.1) is 31.0 Å². The van der Waals surface area contributed by atoms with Crippen LogP contribution in [0.4, 0.5) is 0 Å². The summed E-state index contributed by atoms with van der Waals surface area (Å²) in [5, 5.41) is 32.1. The van der Waals surface area contributed by atoms with Crippen molar-refractivity contribution >= 4 is 0 Å². The fourth-order valence-corrected chi connectivity index (χ4v) is 10.3. The molecule has 3 N–H and O–H groups in total. The van der Waals surface area contributed by atoms with Crippen LogP contribution in [0.25, 0.3) is 0 Å². The van der Waals surface area contributed by atoms with Gasteiger partial charge in [0.1, 0.15) is 0 Å². The van der Waals surface area contributed by atoms with E-state index in [2.05, 4.69) is 27.7 Å². The van der Waals surface area contributed by atoms with Crippen molar-refractivity contribution in [1.82, 2.24) is 0 Å². The lowest BCUT2D eigenvalue weighted by atomic mass is 9.43. The zero-order valence-electron chi connectivity index (χ0n) is 20.4. The molecule has 0 aromatic rings. The molecule has 5 heteroatoms. The Morgan fingerprint density at radius 1 is 0.781 bits per heavy atom. The van der Waals surface area contributed by atoms with Crippen LogP contribution in [0.2, 0.25) is 0 Å². The molecule has 6 aliphatic rings. The first-order valence-corrected chi connectivity index (χ1v) is 13.4. The van der Waals surface area contributed by atoms with Crippen LogP contribution in [0.3, 0.4) is 0 Å². The molecule has 1 spiro atoms. The van der Waals surface area contributed by atoms with E-state index in [9.17, 15) is 15.3 Å². The van der Waals surface area contributed by atoms with Crippen molar-refractivity contribution in [2.45, 2.75) is 109 Å². The van der Waals surface area contributed by atoms with Gasteiger partial charge in [-0.05, 0) is 91.3 Å². The van der Waals surface area contributed by atoms with Crippen molar-refractivity contribution in [3.63, 3.8) is 0 Å². The molecular weight excluding hydrogens is 404 g/mol. The minimum Gasteiger partial charge on any atom is -0.393 e. The average Bonchev–Trinajstić information content (AvgIpc) is 3.18. The molecule has 0 aromatic carbocycles. The molecule has 5 nitrogen and oxygen atoms in total. The number of fused-ring (bicyclic) bond motifs is 7. The van der Waals surface area contributed by atoms with E-state index in [0.29, 0.717) is 48.3 Å². The lowest BCUT2D eigenvalue weighted by Gasteiger charge is -2.62. The predicted molar refractivity (Wildman–Crippen MR) is 121 cm³/mol. The molecule has 32 heavy (non-hydrogen) atoms. The molecule has 182 valence electrons. The highest BCUT2D eigenvalue weighted by atomic mass is 16.7. The van der Waals surface area contributed by atoms with E-state index in [1.54, 1.807) is 0 Å². The second-order valence-corrected chi connectivity index (χ2v) is 13.4. The molecule has 4 saturated carbocycles. The van der Waals surface area contributed by atoms with Crippen molar-refractivity contribution in [1.29, 1.82) is 0 Å². The van der Waals surface area contributed by atoms with Crippen molar-refractivity contribution in [3.05, 3.63) is 0 Å². The maximum Gasteiger partial charge on any atom is 0.171 e. The van der Waals surface area contributed by atoms with Gasteiger partial charge < -0.3 is 24.8 Å². The quantitative estimate of drug-likeness (QED) is 0.526. The SMILES string of the molecule is CC1C2C(CC3C4C[C@@H](O)[C@H]5C[C@@H](O)[C@@H](O)C[C@]5(C)C4CC[C@@]32C)O[C@]12CC[C@H](C)CO2. The topological polar surface area (TPSA) is 79.2 Å². The number of hydrogen-bond donors (Lipinski definition) is 3. The van der Waals surface area contributed by atoms with Crippen LogP contribution in [0.5, 0.6) is 0 Å². The maximum atomic E-state index is 11.3. The van der Waals surface area contributed by atoms with Gasteiger partial charge in [-0.3, -0.25) is 0 Å². The predicted octanol–water partition coefficient (Wildman–Crippen LogP) is 3.74. The zero-order valence-corrected chi connectivity index (χ0v) is 20.4. The standard InChI is InChI=1S/C27H44O5/c1-14-5-8-27(31-13-14)15(2)24-23(32-27)11-18-16-9-20(28)19-10-21(29)22(30)12-26(19,4)17(16)6-7-25(18,24)3/h14-24,28-30H,5-13H2,1-4H3/t14-,15?,16?,17?,18?,19+,20+,21+,22-,23?,24?,25-,26+,27+/m0/s1. The van der Waals surface area contributed by atoms with E-state index in [0.717, 1.165) is 25.9 Å². The lowest BCUT2D eigenvalue weighted by molar-refractivity contribution is -0.273. The van der Waals surface area contributed by atoms with Gasteiger partial charge in [0.15, 0.2) is 5.79 Å². The minimum atomic E-state index is -0.692. The summed E-state index contributed by atoms with van der Waals surface area (Å²) in [6.45, 7) is 10.3. The molecule has 4 aliphatic carbocycles. The molecule has 6 unspecified atom stereocenters. The molecule has 0 radical (unpaired) electrons. The van der Waals surface area contributed by atoms with E-state index in [1.807, 2.05) is 0 Å². The first kappa shape index (κ1) is 22.3. The van der Waals surface area contributed by atoms with Crippen LogP contribution in [0, 0.1) is 52.3 Å². The molecule has 2 aliphatic heterocycles. The first-order chi connectivity index (χ1) is 15.1. The highest BCUT2D eigenvalue weighted by molar-refractivity contribution is 5.16. The minimum absolute atomic E-state index is 0.0870. The van der Waals surface area contributed by atoms with E-state index >= 15 is 0 Å². The van der Waals surface area contributed by atoms with Crippen LogP contribution in [0.1, 0.15) is 79.1 Å². The van der Waals surface area contributed by atoms with E-state index in [4.69, 9.17) is 9.47 Å². The lowest BCUT2D eigenvalue weighted by Crippen LogP contribution is -2.61. The molecule has 2 heterocycles. The van der Waals surface area contributed by atoms with Gasteiger partial charge in [0.25, 0.3) is 0 Å². The molecule has 6 fully saturated rings. The third kappa shape index (κ3) is 2.81. The van der Waals surface area contributed by atoms with E-state index in [-0.39, 0.29) is 34.7 Å². The second-order valence-electron chi connectivity index (χ2n) is 13.4. The Morgan fingerprint density at radius 3 is 2.28 bits per heavy atom. The number of aliphatic hydroxyl groups excluding tert-OH is 3. The van der Waals surface area contributed by atoms with Gasteiger partial charge in [-0.1, -0.05) is 27.7 Å². The Morgan fingerprint density at radius 2 is 1.56 bits per heavy atom. The van der Waals surface area contributed by atoms with Crippen LogP contribution >= 0.6 is 0 Å². The Balaban J connectivity index is 1.28. The smallest absolute Gasteiger partial charge is 0.171 e. The summed E-state index contributed by atoms with van der Waals surface area (Å²) >= 11 is 0. The maximum absolute atomic E-state index is 11.3. The van der Waals surface area contributed by atoms with Crippen LogP contribution in [-0.2, 0) is 9.47 Å².